The van der Waals surface area contributed by atoms with E-state index in [4.69, 9.17) is 4.74 Å². The van der Waals surface area contributed by atoms with Crippen molar-refractivity contribution in [1.29, 1.82) is 0 Å². The van der Waals surface area contributed by atoms with Crippen LogP contribution in [-0.2, 0) is 4.74 Å². The van der Waals surface area contributed by atoms with Crippen LogP contribution in [0.2, 0.25) is 0 Å². The third-order valence-electron chi connectivity index (χ3n) is 4.92. The van der Waals surface area contributed by atoms with E-state index in [1.54, 1.807) is 0 Å². The van der Waals surface area contributed by atoms with Gasteiger partial charge in [0.25, 0.3) is 0 Å². The summed E-state index contributed by atoms with van der Waals surface area (Å²) >= 11 is 0. The third-order valence-corrected chi connectivity index (χ3v) is 4.92. The lowest BCUT2D eigenvalue weighted by molar-refractivity contribution is -0.0422. The number of ether oxygens (including phenoxy) is 1. The minimum Gasteiger partial charge on any atom is -0.396 e. The fourth-order valence-electron chi connectivity index (χ4n) is 3.55. The molecule has 2 fully saturated rings. The first kappa shape index (κ1) is 14.3. The monoisotopic (exact) mass is 255 g/mol. The highest BCUT2D eigenvalue weighted by atomic mass is 16.5. The Labute approximate surface area is 112 Å². The maximum absolute atomic E-state index is 9.80. The minimum atomic E-state index is 0.103. The lowest BCUT2D eigenvalue weighted by Crippen LogP contribution is -2.48. The molecule has 18 heavy (non-hydrogen) atoms. The molecule has 1 aliphatic carbocycles. The highest BCUT2D eigenvalue weighted by Gasteiger charge is 2.35. The van der Waals surface area contributed by atoms with Gasteiger partial charge in [-0.2, -0.15) is 0 Å². The van der Waals surface area contributed by atoms with Crippen molar-refractivity contribution < 1.29 is 9.84 Å². The van der Waals surface area contributed by atoms with Gasteiger partial charge < -0.3 is 14.7 Å². The SMILES string of the molecule is CCN(CC1(CO)CCOCC1)C1CCCCC1. The van der Waals surface area contributed by atoms with E-state index >= 15 is 0 Å². The standard InChI is InChI=1S/C15H29NO2/c1-2-16(14-6-4-3-5-7-14)12-15(13-17)8-10-18-11-9-15/h14,17H,2-13H2,1H3. The molecule has 1 saturated carbocycles. The molecule has 0 aromatic carbocycles. The smallest absolute Gasteiger partial charge is 0.0501 e. The Morgan fingerprint density at radius 3 is 2.39 bits per heavy atom. The van der Waals surface area contributed by atoms with Crippen LogP contribution in [0, 0.1) is 5.41 Å². The maximum atomic E-state index is 9.80. The molecule has 2 rings (SSSR count). The van der Waals surface area contributed by atoms with E-state index in [2.05, 4.69) is 11.8 Å². The molecular formula is C15H29NO2. The van der Waals surface area contributed by atoms with Gasteiger partial charge in [0.1, 0.15) is 0 Å². The number of hydrogen-bond donors (Lipinski definition) is 1. The highest BCUT2D eigenvalue weighted by molar-refractivity contribution is 4.87. The largest absolute Gasteiger partial charge is 0.396 e. The molecule has 1 heterocycles. The summed E-state index contributed by atoms with van der Waals surface area (Å²) in [7, 11) is 0. The van der Waals surface area contributed by atoms with E-state index in [9.17, 15) is 5.11 Å². The van der Waals surface area contributed by atoms with Gasteiger partial charge >= 0.3 is 0 Å². The van der Waals surface area contributed by atoms with Crippen LogP contribution in [0.4, 0.5) is 0 Å². The van der Waals surface area contributed by atoms with Crippen LogP contribution in [0.5, 0.6) is 0 Å². The molecule has 3 heteroatoms. The topological polar surface area (TPSA) is 32.7 Å². The lowest BCUT2D eigenvalue weighted by atomic mass is 9.79. The second-order valence-corrected chi connectivity index (χ2v) is 6.13. The van der Waals surface area contributed by atoms with Gasteiger partial charge in [-0.25, -0.2) is 0 Å². The van der Waals surface area contributed by atoms with Crippen molar-refractivity contribution in [2.24, 2.45) is 5.41 Å². The van der Waals surface area contributed by atoms with Gasteiger partial charge in [0.05, 0.1) is 6.61 Å². The molecule has 0 aromatic rings. The molecule has 3 nitrogen and oxygen atoms in total. The van der Waals surface area contributed by atoms with Crippen LogP contribution in [0.3, 0.4) is 0 Å². The van der Waals surface area contributed by atoms with E-state index in [0.29, 0.717) is 6.61 Å². The first-order chi connectivity index (χ1) is 8.79. The van der Waals surface area contributed by atoms with Crippen LogP contribution in [0.1, 0.15) is 51.9 Å². The van der Waals surface area contributed by atoms with Crippen LogP contribution < -0.4 is 0 Å². The molecule has 0 atom stereocenters. The van der Waals surface area contributed by atoms with Crippen LogP contribution in [0.25, 0.3) is 0 Å². The van der Waals surface area contributed by atoms with Crippen LogP contribution in [-0.4, -0.2) is 49.0 Å². The molecule has 0 radical (unpaired) electrons. The molecule has 0 bridgehead atoms. The predicted molar refractivity (Wildman–Crippen MR) is 73.7 cm³/mol. The van der Waals surface area contributed by atoms with Crippen molar-refractivity contribution in [3.05, 3.63) is 0 Å². The van der Waals surface area contributed by atoms with Crippen molar-refractivity contribution in [3.63, 3.8) is 0 Å². The fraction of sp³-hybridized carbons (Fsp3) is 1.00. The number of aliphatic hydroxyl groups excluding tert-OH is 1. The van der Waals surface area contributed by atoms with E-state index in [1.807, 2.05) is 0 Å². The van der Waals surface area contributed by atoms with Crippen LogP contribution >= 0.6 is 0 Å². The van der Waals surface area contributed by atoms with Gasteiger partial charge in [0.2, 0.25) is 0 Å². The summed E-state index contributed by atoms with van der Waals surface area (Å²) in [5.74, 6) is 0. The average Bonchev–Trinajstić information content (AvgIpc) is 2.47. The maximum Gasteiger partial charge on any atom is 0.0501 e. The second kappa shape index (κ2) is 6.88. The summed E-state index contributed by atoms with van der Waals surface area (Å²) < 4.78 is 5.46. The normalized spacial score (nSPS) is 25.5. The first-order valence-corrected chi connectivity index (χ1v) is 7.72. The summed E-state index contributed by atoms with van der Waals surface area (Å²) in [6, 6.07) is 0.759. The molecule has 0 unspecified atom stereocenters. The zero-order valence-electron chi connectivity index (χ0n) is 11.9. The van der Waals surface area contributed by atoms with E-state index in [-0.39, 0.29) is 5.41 Å². The Hall–Kier alpha value is -0.120. The number of nitrogens with zero attached hydrogens (tertiary/aromatic N) is 1. The molecule has 1 N–H and O–H groups in total. The van der Waals surface area contributed by atoms with Crippen molar-refractivity contribution in [1.82, 2.24) is 4.90 Å². The Morgan fingerprint density at radius 1 is 1.17 bits per heavy atom. The quantitative estimate of drug-likeness (QED) is 0.819. The van der Waals surface area contributed by atoms with Gasteiger partial charge in [-0.1, -0.05) is 26.2 Å². The second-order valence-electron chi connectivity index (χ2n) is 6.13. The van der Waals surface area contributed by atoms with Gasteiger partial charge in [-0.15, -0.1) is 0 Å². The van der Waals surface area contributed by atoms with E-state index in [0.717, 1.165) is 45.2 Å². The summed E-state index contributed by atoms with van der Waals surface area (Å²) in [5, 5.41) is 9.80. The van der Waals surface area contributed by atoms with Crippen molar-refractivity contribution in [2.45, 2.75) is 57.9 Å². The molecule has 0 aromatic heterocycles. The Morgan fingerprint density at radius 2 is 1.83 bits per heavy atom. The Bertz CT molecular complexity index is 233. The summed E-state index contributed by atoms with van der Waals surface area (Å²) in [4.78, 5) is 2.63. The van der Waals surface area contributed by atoms with Crippen LogP contribution in [0.15, 0.2) is 0 Å². The number of hydrogen-bond acceptors (Lipinski definition) is 3. The predicted octanol–water partition coefficient (Wildman–Crippen LogP) is 2.43. The average molecular weight is 255 g/mol. The van der Waals surface area contributed by atoms with E-state index < -0.39 is 0 Å². The minimum absolute atomic E-state index is 0.103. The Balaban J connectivity index is 1.94. The van der Waals surface area contributed by atoms with Gasteiger partial charge in [-0.05, 0) is 32.2 Å². The summed E-state index contributed by atoms with van der Waals surface area (Å²) in [6.07, 6.45) is 8.93. The number of aliphatic hydroxyl groups is 1. The highest BCUT2D eigenvalue weighted by Crippen LogP contribution is 2.33. The van der Waals surface area contributed by atoms with Crippen molar-refractivity contribution in [3.8, 4) is 0 Å². The lowest BCUT2D eigenvalue weighted by Gasteiger charge is -2.43. The molecule has 0 spiro atoms. The van der Waals surface area contributed by atoms with Crippen molar-refractivity contribution in [2.75, 3.05) is 32.9 Å². The van der Waals surface area contributed by atoms with Gasteiger partial charge in [0.15, 0.2) is 0 Å². The summed E-state index contributed by atoms with van der Waals surface area (Å²) in [5.41, 5.74) is 0.103. The zero-order chi connectivity index (χ0) is 12.8. The zero-order valence-corrected chi connectivity index (χ0v) is 11.9. The van der Waals surface area contributed by atoms with Gasteiger partial charge in [0, 0.05) is 31.2 Å². The Kier molecular flexibility index (Phi) is 5.46. The first-order valence-electron chi connectivity index (χ1n) is 7.72. The molecule has 1 aliphatic heterocycles. The molecular weight excluding hydrogens is 226 g/mol. The molecule has 106 valence electrons. The molecule has 0 amide bonds. The fourth-order valence-corrected chi connectivity index (χ4v) is 3.55. The molecule has 1 saturated heterocycles. The van der Waals surface area contributed by atoms with Crippen molar-refractivity contribution >= 4 is 0 Å². The third kappa shape index (κ3) is 3.46. The molecule has 2 aliphatic rings. The number of rotatable bonds is 5. The van der Waals surface area contributed by atoms with Gasteiger partial charge in [-0.3, -0.25) is 0 Å². The summed E-state index contributed by atoms with van der Waals surface area (Å²) in [6.45, 7) is 6.41. The van der Waals surface area contributed by atoms with E-state index in [1.165, 1.54) is 32.1 Å².